The molecule has 0 radical (unpaired) electrons. The third kappa shape index (κ3) is 9.97. The fourth-order valence-corrected chi connectivity index (χ4v) is 7.54. The largest absolute Gasteiger partial charge is 0.474 e. The van der Waals surface area contributed by atoms with Crippen LogP contribution in [0.3, 0.4) is 0 Å². The van der Waals surface area contributed by atoms with Gasteiger partial charge in [-0.1, -0.05) is 103 Å². The second-order valence-electron chi connectivity index (χ2n) is 8.65. The summed E-state index contributed by atoms with van der Waals surface area (Å²) in [6.07, 6.45) is 20.3. The number of unbranched alkanes of at least 4 members (excludes halogenated alkanes) is 9. The van der Waals surface area contributed by atoms with Gasteiger partial charge in [-0.05, 0) is 37.0 Å². The van der Waals surface area contributed by atoms with Crippen LogP contribution in [0, 0.1) is 0 Å². The third-order valence-electron chi connectivity index (χ3n) is 6.64. The van der Waals surface area contributed by atoms with Gasteiger partial charge in [0.05, 0.1) is 11.6 Å². The van der Waals surface area contributed by atoms with E-state index in [1.165, 1.54) is 86.9 Å². The second-order valence-corrected chi connectivity index (χ2v) is 13.8. The lowest BCUT2D eigenvalue weighted by atomic mass is 10.1. The lowest BCUT2D eigenvalue weighted by Crippen LogP contribution is -2.44. The highest BCUT2D eigenvalue weighted by atomic mass is 28.3. The number of carbonyl (C=O) groups excluding carboxylic acids is 1. The SMILES string of the molecule is CCCCCCCCCCC/C=C/C(=O)CCc1coc([Si](CC)(CC)CC)c1. The van der Waals surface area contributed by atoms with Crippen molar-refractivity contribution in [1.29, 1.82) is 0 Å². The molecule has 0 aromatic carbocycles. The fraction of sp³-hybridized carbons (Fsp3) is 0.731. The molecule has 0 saturated carbocycles. The molecule has 0 bridgehead atoms. The topological polar surface area (TPSA) is 30.2 Å². The van der Waals surface area contributed by atoms with E-state index >= 15 is 0 Å². The highest BCUT2D eigenvalue weighted by Crippen LogP contribution is 2.21. The third-order valence-corrected chi connectivity index (χ3v) is 12.0. The van der Waals surface area contributed by atoms with Crippen molar-refractivity contribution < 1.29 is 9.21 Å². The normalized spacial score (nSPS) is 12.1. The number of hydrogen-bond acceptors (Lipinski definition) is 2. The van der Waals surface area contributed by atoms with Gasteiger partial charge in [-0.15, -0.1) is 0 Å². The summed E-state index contributed by atoms with van der Waals surface area (Å²) < 4.78 is 5.94. The van der Waals surface area contributed by atoms with E-state index in [4.69, 9.17) is 4.42 Å². The Kier molecular flexibility index (Phi) is 14.1. The van der Waals surface area contributed by atoms with Crippen molar-refractivity contribution in [3.05, 3.63) is 30.0 Å². The summed E-state index contributed by atoms with van der Waals surface area (Å²) in [4.78, 5) is 12.1. The first-order valence-electron chi connectivity index (χ1n) is 12.4. The minimum atomic E-state index is -1.44. The Morgan fingerprint density at radius 1 is 0.897 bits per heavy atom. The number of rotatable bonds is 18. The predicted octanol–water partition coefficient (Wildman–Crippen LogP) is 7.97. The summed E-state index contributed by atoms with van der Waals surface area (Å²) in [6.45, 7) is 9.15. The lowest BCUT2D eigenvalue weighted by molar-refractivity contribution is -0.114. The van der Waals surface area contributed by atoms with Gasteiger partial charge in [0.2, 0.25) is 0 Å². The fourth-order valence-electron chi connectivity index (χ4n) is 4.20. The predicted molar refractivity (Wildman–Crippen MR) is 130 cm³/mol. The van der Waals surface area contributed by atoms with Gasteiger partial charge in [-0.25, -0.2) is 0 Å². The van der Waals surface area contributed by atoms with E-state index in [1.807, 2.05) is 6.26 Å². The zero-order valence-electron chi connectivity index (χ0n) is 19.7. The number of ketones is 1. The van der Waals surface area contributed by atoms with Crippen LogP contribution in [0.1, 0.15) is 104 Å². The van der Waals surface area contributed by atoms with Crippen molar-refractivity contribution in [1.82, 2.24) is 0 Å². The van der Waals surface area contributed by atoms with E-state index in [2.05, 4.69) is 39.8 Å². The molecule has 0 aliphatic heterocycles. The molecule has 1 aromatic rings. The molecule has 0 N–H and O–H groups in total. The number of carbonyl (C=O) groups is 1. The molecule has 0 amide bonds. The Balaban J connectivity index is 2.18. The van der Waals surface area contributed by atoms with Crippen LogP contribution in [-0.2, 0) is 11.2 Å². The van der Waals surface area contributed by atoms with Crippen LogP contribution >= 0.6 is 0 Å². The molecule has 1 heterocycles. The van der Waals surface area contributed by atoms with Crippen molar-refractivity contribution >= 4 is 19.2 Å². The van der Waals surface area contributed by atoms with Gasteiger partial charge < -0.3 is 4.42 Å². The Hall–Kier alpha value is -1.09. The average molecular weight is 419 g/mol. The summed E-state index contributed by atoms with van der Waals surface area (Å²) in [5.41, 5.74) is 1.19. The molecule has 29 heavy (non-hydrogen) atoms. The number of allylic oxidation sites excluding steroid dienone is 2. The van der Waals surface area contributed by atoms with Crippen LogP contribution in [0.4, 0.5) is 0 Å². The van der Waals surface area contributed by atoms with Crippen molar-refractivity contribution in [3.63, 3.8) is 0 Å². The second kappa shape index (κ2) is 15.7. The minimum absolute atomic E-state index is 0.244. The van der Waals surface area contributed by atoms with Crippen LogP contribution in [0.2, 0.25) is 18.1 Å². The molecule has 0 aliphatic carbocycles. The van der Waals surface area contributed by atoms with Crippen molar-refractivity contribution in [3.8, 4) is 0 Å². The van der Waals surface area contributed by atoms with E-state index < -0.39 is 8.07 Å². The Morgan fingerprint density at radius 3 is 2.07 bits per heavy atom. The number of hydrogen-bond donors (Lipinski definition) is 0. The van der Waals surface area contributed by atoms with Gasteiger partial charge >= 0.3 is 0 Å². The molecule has 0 saturated heterocycles. The van der Waals surface area contributed by atoms with Gasteiger partial charge in [0.1, 0.15) is 8.07 Å². The van der Waals surface area contributed by atoms with Crippen LogP contribution in [0.25, 0.3) is 0 Å². The van der Waals surface area contributed by atoms with Crippen molar-refractivity contribution in [2.75, 3.05) is 0 Å². The standard InChI is InChI=1S/C26H46O2Si/c1-5-9-10-11-12-13-14-15-16-17-18-19-25(27)21-20-24-22-26(28-23-24)29(6-2,7-3)8-4/h18-19,22-23H,5-17,20-21H2,1-4H3/b19-18+. The average Bonchev–Trinajstić information content (AvgIpc) is 3.22. The minimum Gasteiger partial charge on any atom is -0.474 e. The summed E-state index contributed by atoms with van der Waals surface area (Å²) in [7, 11) is -1.44. The first-order chi connectivity index (χ1) is 14.1. The van der Waals surface area contributed by atoms with E-state index in [-0.39, 0.29) is 5.78 Å². The molecule has 1 aromatic heterocycles. The number of aryl methyl sites for hydroxylation is 1. The van der Waals surface area contributed by atoms with Gasteiger partial charge in [0.25, 0.3) is 0 Å². The van der Waals surface area contributed by atoms with Gasteiger partial charge in [0.15, 0.2) is 5.78 Å². The molecule has 0 fully saturated rings. The highest BCUT2D eigenvalue weighted by Gasteiger charge is 2.32. The van der Waals surface area contributed by atoms with E-state index in [0.717, 1.165) is 12.8 Å². The van der Waals surface area contributed by atoms with Gasteiger partial charge in [0, 0.05) is 6.42 Å². The van der Waals surface area contributed by atoms with Gasteiger partial charge in [-0.2, -0.15) is 0 Å². The summed E-state index contributed by atoms with van der Waals surface area (Å²) in [5, 5.41) is 1.23. The molecule has 0 unspecified atom stereocenters. The first-order valence-corrected chi connectivity index (χ1v) is 15.0. The van der Waals surface area contributed by atoms with Crippen LogP contribution < -0.4 is 5.38 Å². The summed E-state index contributed by atoms with van der Waals surface area (Å²) in [5.74, 6) is 0.244. The van der Waals surface area contributed by atoms with Crippen molar-refractivity contribution in [2.24, 2.45) is 0 Å². The van der Waals surface area contributed by atoms with E-state index in [1.54, 1.807) is 6.08 Å². The Morgan fingerprint density at radius 2 is 1.48 bits per heavy atom. The maximum Gasteiger partial charge on any atom is 0.155 e. The molecule has 1 rings (SSSR count). The molecule has 166 valence electrons. The van der Waals surface area contributed by atoms with E-state index in [9.17, 15) is 4.79 Å². The lowest BCUT2D eigenvalue weighted by Gasteiger charge is -2.24. The molecular formula is C26H46O2Si. The molecule has 0 atom stereocenters. The molecule has 0 spiro atoms. The monoisotopic (exact) mass is 418 g/mol. The number of furan rings is 1. The Labute approximate surface area is 181 Å². The van der Waals surface area contributed by atoms with Gasteiger partial charge in [-0.3, -0.25) is 4.79 Å². The molecule has 3 heteroatoms. The highest BCUT2D eigenvalue weighted by molar-refractivity contribution is 6.90. The quantitative estimate of drug-likeness (QED) is 0.137. The van der Waals surface area contributed by atoms with Crippen LogP contribution in [0.5, 0.6) is 0 Å². The molecule has 0 aliphatic rings. The molecule has 2 nitrogen and oxygen atoms in total. The van der Waals surface area contributed by atoms with Crippen LogP contribution in [0.15, 0.2) is 28.9 Å². The maximum atomic E-state index is 12.1. The zero-order valence-corrected chi connectivity index (χ0v) is 20.7. The smallest absolute Gasteiger partial charge is 0.155 e. The molecular weight excluding hydrogens is 372 g/mol. The summed E-state index contributed by atoms with van der Waals surface area (Å²) >= 11 is 0. The van der Waals surface area contributed by atoms with Crippen molar-refractivity contribution in [2.45, 2.75) is 123 Å². The van der Waals surface area contributed by atoms with E-state index in [0.29, 0.717) is 6.42 Å². The zero-order chi connectivity index (χ0) is 21.4. The van der Waals surface area contributed by atoms with Crippen LogP contribution in [-0.4, -0.2) is 13.9 Å². The Bertz CT molecular complexity index is 561. The summed E-state index contributed by atoms with van der Waals surface area (Å²) in [6, 6.07) is 5.93. The first kappa shape index (κ1) is 25.9. The maximum absolute atomic E-state index is 12.1.